The lowest BCUT2D eigenvalue weighted by Crippen LogP contribution is -2.30. The standard InChI is InChI=1S/C24H27N3O3/c1-15-9-11-20(12-10-15)14-27-18(4)22(17(3)26-27)24(29)30-19(5)23(28)25-21-8-6-7-16(2)13-21/h6-13,19H,14H2,1-5H3,(H,25,28)/t19-/m0/s1. The molecule has 156 valence electrons. The minimum Gasteiger partial charge on any atom is -0.449 e. The van der Waals surface area contributed by atoms with E-state index in [-0.39, 0.29) is 5.91 Å². The number of ether oxygens (including phenoxy) is 1. The summed E-state index contributed by atoms with van der Waals surface area (Å²) >= 11 is 0. The van der Waals surface area contributed by atoms with E-state index >= 15 is 0 Å². The van der Waals surface area contributed by atoms with Crippen molar-refractivity contribution in [2.45, 2.75) is 47.3 Å². The summed E-state index contributed by atoms with van der Waals surface area (Å²) in [5.41, 5.74) is 5.68. The molecule has 1 amide bonds. The molecular weight excluding hydrogens is 378 g/mol. The van der Waals surface area contributed by atoms with Gasteiger partial charge in [0.1, 0.15) is 5.56 Å². The van der Waals surface area contributed by atoms with E-state index in [4.69, 9.17) is 4.74 Å². The zero-order valence-corrected chi connectivity index (χ0v) is 18.0. The zero-order chi connectivity index (χ0) is 21.8. The Morgan fingerprint density at radius 2 is 1.73 bits per heavy atom. The van der Waals surface area contributed by atoms with Gasteiger partial charge in [-0.1, -0.05) is 42.0 Å². The van der Waals surface area contributed by atoms with Crippen LogP contribution in [0.3, 0.4) is 0 Å². The monoisotopic (exact) mass is 405 g/mol. The maximum Gasteiger partial charge on any atom is 0.342 e. The molecule has 0 spiro atoms. The Balaban J connectivity index is 1.69. The number of nitrogens with one attached hydrogen (secondary N) is 1. The van der Waals surface area contributed by atoms with E-state index in [0.717, 1.165) is 11.1 Å². The van der Waals surface area contributed by atoms with Gasteiger partial charge in [-0.2, -0.15) is 5.10 Å². The van der Waals surface area contributed by atoms with Crippen molar-refractivity contribution < 1.29 is 14.3 Å². The highest BCUT2D eigenvalue weighted by molar-refractivity contribution is 5.98. The molecule has 3 rings (SSSR count). The van der Waals surface area contributed by atoms with Gasteiger partial charge in [-0.25, -0.2) is 4.79 Å². The number of anilines is 1. The molecule has 6 nitrogen and oxygen atoms in total. The molecule has 0 aliphatic heterocycles. The Morgan fingerprint density at radius 3 is 2.40 bits per heavy atom. The average molecular weight is 405 g/mol. The highest BCUT2D eigenvalue weighted by atomic mass is 16.5. The second kappa shape index (κ2) is 8.95. The molecule has 0 radical (unpaired) electrons. The van der Waals surface area contributed by atoms with Crippen molar-refractivity contribution in [2.24, 2.45) is 0 Å². The number of hydrogen-bond donors (Lipinski definition) is 1. The summed E-state index contributed by atoms with van der Waals surface area (Å²) in [4.78, 5) is 25.2. The van der Waals surface area contributed by atoms with Crippen molar-refractivity contribution in [3.63, 3.8) is 0 Å². The summed E-state index contributed by atoms with van der Waals surface area (Å²) in [6, 6.07) is 15.6. The first-order valence-electron chi connectivity index (χ1n) is 9.92. The summed E-state index contributed by atoms with van der Waals surface area (Å²) in [7, 11) is 0. The molecule has 6 heteroatoms. The molecule has 0 fully saturated rings. The molecule has 30 heavy (non-hydrogen) atoms. The van der Waals surface area contributed by atoms with Gasteiger partial charge in [-0.3, -0.25) is 9.48 Å². The van der Waals surface area contributed by atoms with Gasteiger partial charge in [0.2, 0.25) is 0 Å². The lowest BCUT2D eigenvalue weighted by molar-refractivity contribution is -0.123. The van der Waals surface area contributed by atoms with E-state index in [9.17, 15) is 9.59 Å². The fourth-order valence-corrected chi connectivity index (χ4v) is 3.25. The van der Waals surface area contributed by atoms with Gasteiger partial charge in [-0.05, 0) is 57.9 Å². The first-order chi connectivity index (χ1) is 14.2. The Hall–Kier alpha value is -3.41. The van der Waals surface area contributed by atoms with Crippen molar-refractivity contribution in [1.29, 1.82) is 0 Å². The predicted molar refractivity (Wildman–Crippen MR) is 117 cm³/mol. The fourth-order valence-electron chi connectivity index (χ4n) is 3.25. The molecule has 0 unspecified atom stereocenters. The molecule has 0 aliphatic rings. The van der Waals surface area contributed by atoms with Crippen LogP contribution in [-0.2, 0) is 16.1 Å². The molecule has 0 aliphatic carbocycles. The molecule has 3 aromatic rings. The smallest absolute Gasteiger partial charge is 0.342 e. The topological polar surface area (TPSA) is 73.2 Å². The van der Waals surface area contributed by atoms with Crippen molar-refractivity contribution in [3.05, 3.63) is 82.2 Å². The Labute approximate surface area is 176 Å². The molecule has 0 saturated heterocycles. The van der Waals surface area contributed by atoms with Crippen LogP contribution in [0.5, 0.6) is 0 Å². The maximum atomic E-state index is 12.8. The number of benzene rings is 2. The minimum atomic E-state index is -0.933. The van der Waals surface area contributed by atoms with E-state index < -0.39 is 12.1 Å². The Kier molecular flexibility index (Phi) is 6.35. The van der Waals surface area contributed by atoms with E-state index in [1.807, 2.05) is 63.2 Å². The molecule has 0 saturated carbocycles. The lowest BCUT2D eigenvalue weighted by atomic mass is 10.1. The molecule has 2 aromatic carbocycles. The van der Waals surface area contributed by atoms with Gasteiger partial charge in [-0.15, -0.1) is 0 Å². The number of hydrogen-bond acceptors (Lipinski definition) is 4. The highest BCUT2D eigenvalue weighted by Gasteiger charge is 2.24. The van der Waals surface area contributed by atoms with Crippen LogP contribution in [0, 0.1) is 27.7 Å². The number of carbonyl (C=O) groups excluding carboxylic acids is 2. The third kappa shape index (κ3) is 4.95. The molecular formula is C24H27N3O3. The van der Waals surface area contributed by atoms with Crippen molar-refractivity contribution in [1.82, 2.24) is 9.78 Å². The molecule has 1 heterocycles. The lowest BCUT2D eigenvalue weighted by Gasteiger charge is -2.14. The van der Waals surface area contributed by atoms with Crippen LogP contribution in [0.25, 0.3) is 0 Å². The van der Waals surface area contributed by atoms with Crippen LogP contribution < -0.4 is 5.32 Å². The van der Waals surface area contributed by atoms with Crippen molar-refractivity contribution >= 4 is 17.6 Å². The summed E-state index contributed by atoms with van der Waals surface area (Å²) in [5, 5.41) is 7.27. The molecule has 0 bridgehead atoms. The zero-order valence-electron chi connectivity index (χ0n) is 18.0. The average Bonchev–Trinajstić information content (AvgIpc) is 2.96. The quantitative estimate of drug-likeness (QED) is 0.619. The number of carbonyl (C=O) groups is 2. The van der Waals surface area contributed by atoms with Crippen molar-refractivity contribution in [3.8, 4) is 0 Å². The third-order valence-corrected chi connectivity index (χ3v) is 4.98. The van der Waals surface area contributed by atoms with Crippen LogP contribution in [0.1, 0.15) is 45.4 Å². The fraction of sp³-hybridized carbons (Fsp3) is 0.292. The number of aryl methyl sites for hydroxylation is 3. The van der Waals surface area contributed by atoms with Gasteiger partial charge in [0, 0.05) is 5.69 Å². The van der Waals surface area contributed by atoms with Crippen molar-refractivity contribution in [2.75, 3.05) is 5.32 Å². The van der Waals surface area contributed by atoms with Gasteiger partial charge < -0.3 is 10.1 Å². The van der Waals surface area contributed by atoms with Crippen LogP contribution in [-0.4, -0.2) is 27.8 Å². The second-order valence-corrected chi connectivity index (χ2v) is 7.60. The minimum absolute atomic E-state index is 0.378. The van der Waals surface area contributed by atoms with Gasteiger partial charge in [0.25, 0.3) is 5.91 Å². The third-order valence-electron chi connectivity index (χ3n) is 4.98. The van der Waals surface area contributed by atoms with Gasteiger partial charge in [0.15, 0.2) is 6.10 Å². The molecule has 1 aromatic heterocycles. The van der Waals surface area contributed by atoms with Crippen LogP contribution in [0.15, 0.2) is 48.5 Å². The van der Waals surface area contributed by atoms with Crippen LogP contribution >= 0.6 is 0 Å². The second-order valence-electron chi connectivity index (χ2n) is 7.60. The SMILES string of the molecule is Cc1ccc(Cn2nc(C)c(C(=O)O[C@@H](C)C(=O)Nc3cccc(C)c3)c2C)cc1. The molecule has 1 N–H and O–H groups in total. The normalized spacial score (nSPS) is 11.8. The largest absolute Gasteiger partial charge is 0.449 e. The number of esters is 1. The van der Waals surface area contributed by atoms with Crippen LogP contribution in [0.4, 0.5) is 5.69 Å². The first kappa shape index (κ1) is 21.3. The van der Waals surface area contributed by atoms with E-state index in [2.05, 4.69) is 10.4 Å². The number of nitrogens with zero attached hydrogens (tertiary/aromatic N) is 2. The summed E-state index contributed by atoms with van der Waals surface area (Å²) in [6.07, 6.45) is -0.933. The van der Waals surface area contributed by atoms with Gasteiger partial charge >= 0.3 is 5.97 Å². The maximum absolute atomic E-state index is 12.8. The summed E-state index contributed by atoms with van der Waals surface area (Å²) in [6.45, 7) is 9.71. The van der Waals surface area contributed by atoms with Gasteiger partial charge in [0.05, 0.1) is 17.9 Å². The predicted octanol–water partition coefficient (Wildman–Crippen LogP) is 4.35. The number of aromatic nitrogens is 2. The van der Waals surface area contributed by atoms with E-state index in [1.54, 1.807) is 24.6 Å². The van der Waals surface area contributed by atoms with Crippen LogP contribution in [0.2, 0.25) is 0 Å². The summed E-state index contributed by atoms with van der Waals surface area (Å²) < 4.78 is 7.22. The number of rotatable bonds is 6. The van der Waals surface area contributed by atoms with E-state index in [0.29, 0.717) is 29.2 Å². The molecule has 1 atom stereocenters. The number of amides is 1. The van der Waals surface area contributed by atoms with E-state index in [1.165, 1.54) is 5.56 Å². The first-order valence-corrected chi connectivity index (χ1v) is 9.92. The summed E-state index contributed by atoms with van der Waals surface area (Å²) in [5.74, 6) is -0.927. The Morgan fingerprint density at radius 1 is 1.03 bits per heavy atom. The Bertz CT molecular complexity index is 1070. The highest BCUT2D eigenvalue weighted by Crippen LogP contribution is 2.18.